The Kier molecular flexibility index (Phi) is 4.67. The number of carbonyl (C=O) groups excluding carboxylic acids is 2. The zero-order valence-electron chi connectivity index (χ0n) is 14.7. The van der Waals surface area contributed by atoms with E-state index in [-0.39, 0.29) is 24.8 Å². The molecule has 0 saturated heterocycles. The maximum Gasteiger partial charge on any atom is 0.305 e. The predicted molar refractivity (Wildman–Crippen MR) is 88.2 cm³/mol. The normalized spacial score (nSPS) is 26.6. The average Bonchev–Trinajstić information content (AvgIpc) is 2.65. The van der Waals surface area contributed by atoms with E-state index in [9.17, 15) is 9.59 Å². The minimum Gasteiger partial charge on any atom is -0.469 e. The van der Waals surface area contributed by atoms with Crippen LogP contribution in [-0.4, -0.2) is 26.2 Å². The lowest BCUT2D eigenvalue weighted by molar-refractivity contribution is -0.424. The zero-order valence-corrected chi connectivity index (χ0v) is 14.7. The molecule has 1 aromatic rings. The molecule has 25 heavy (non-hydrogen) atoms. The van der Waals surface area contributed by atoms with Crippen LogP contribution in [0.4, 0.5) is 0 Å². The summed E-state index contributed by atoms with van der Waals surface area (Å²) in [5.74, 6) is -0.581. The number of rotatable bonds is 6. The first-order valence-corrected chi connectivity index (χ1v) is 8.28. The molecule has 0 radical (unpaired) electrons. The van der Waals surface area contributed by atoms with Gasteiger partial charge in [0, 0.05) is 12.8 Å². The average molecular weight is 346 g/mol. The second kappa shape index (κ2) is 6.61. The number of fused-ring (bicyclic) bond motifs is 1. The van der Waals surface area contributed by atoms with Crippen molar-refractivity contribution in [2.75, 3.05) is 14.2 Å². The minimum atomic E-state index is -0.853. The smallest absolute Gasteiger partial charge is 0.305 e. The lowest BCUT2D eigenvalue weighted by Gasteiger charge is -2.50. The molecule has 0 spiro atoms. The number of carbonyl (C=O) groups is 2. The van der Waals surface area contributed by atoms with Gasteiger partial charge in [-0.15, -0.1) is 0 Å². The Morgan fingerprint density at radius 3 is 2.32 bits per heavy atom. The second-order valence-corrected chi connectivity index (χ2v) is 6.46. The maximum atomic E-state index is 11.6. The van der Waals surface area contributed by atoms with Gasteiger partial charge in [-0.2, -0.15) is 0 Å². The fraction of sp³-hybridized carbons (Fsp3) is 0.474. The zero-order chi connectivity index (χ0) is 18.1. The Balaban J connectivity index is 1.98. The van der Waals surface area contributed by atoms with Crippen LogP contribution in [0, 0.1) is 0 Å². The first kappa shape index (κ1) is 17.6. The van der Waals surface area contributed by atoms with Gasteiger partial charge in [0.25, 0.3) is 0 Å². The molecule has 1 aliphatic carbocycles. The molecule has 6 heteroatoms. The molecule has 2 unspecified atom stereocenters. The predicted octanol–water partition coefficient (Wildman–Crippen LogP) is 2.91. The van der Waals surface area contributed by atoms with Crippen LogP contribution in [0.3, 0.4) is 0 Å². The first-order chi connectivity index (χ1) is 11.9. The van der Waals surface area contributed by atoms with Crippen molar-refractivity contribution in [3.05, 3.63) is 47.0 Å². The summed E-state index contributed by atoms with van der Waals surface area (Å²) < 4.78 is 9.50. The Bertz CT molecular complexity index is 724. The summed E-state index contributed by atoms with van der Waals surface area (Å²) in [7, 11) is 2.74. The molecule has 3 aliphatic rings. The van der Waals surface area contributed by atoms with E-state index in [0.29, 0.717) is 12.8 Å². The van der Waals surface area contributed by atoms with Crippen molar-refractivity contribution in [3.8, 4) is 0 Å². The number of hydrogen-bond acceptors (Lipinski definition) is 6. The van der Waals surface area contributed by atoms with Crippen molar-refractivity contribution in [1.82, 2.24) is 0 Å². The molecule has 0 N–H and O–H groups in total. The summed E-state index contributed by atoms with van der Waals surface area (Å²) in [4.78, 5) is 34.7. The van der Waals surface area contributed by atoms with Crippen molar-refractivity contribution >= 4 is 11.9 Å². The van der Waals surface area contributed by atoms with Crippen LogP contribution in [0.15, 0.2) is 35.9 Å². The van der Waals surface area contributed by atoms with Gasteiger partial charge in [0.1, 0.15) is 11.2 Å². The molecule has 134 valence electrons. The summed E-state index contributed by atoms with van der Waals surface area (Å²) in [5, 5.41) is 0. The maximum absolute atomic E-state index is 11.6. The van der Waals surface area contributed by atoms with Crippen LogP contribution >= 0.6 is 0 Å². The first-order valence-electron chi connectivity index (χ1n) is 8.28. The highest BCUT2D eigenvalue weighted by Gasteiger charge is 2.53. The lowest BCUT2D eigenvalue weighted by Crippen LogP contribution is -2.48. The van der Waals surface area contributed by atoms with Gasteiger partial charge in [0.2, 0.25) is 0 Å². The highest BCUT2D eigenvalue weighted by molar-refractivity contribution is 5.70. The summed E-state index contributed by atoms with van der Waals surface area (Å²) in [6, 6.07) is 7.87. The van der Waals surface area contributed by atoms with Crippen molar-refractivity contribution in [3.63, 3.8) is 0 Å². The number of methoxy groups -OCH3 is 2. The number of esters is 2. The molecular formula is C19H22O6. The van der Waals surface area contributed by atoms with E-state index < -0.39 is 11.2 Å². The molecule has 4 rings (SSSR count). The van der Waals surface area contributed by atoms with E-state index >= 15 is 0 Å². The van der Waals surface area contributed by atoms with Gasteiger partial charge in [-0.1, -0.05) is 24.3 Å². The van der Waals surface area contributed by atoms with E-state index in [1.165, 1.54) is 14.2 Å². The number of ether oxygens (including phenoxy) is 2. The van der Waals surface area contributed by atoms with Gasteiger partial charge in [0.05, 0.1) is 14.2 Å². The Hall–Kier alpha value is -2.18. The van der Waals surface area contributed by atoms with Gasteiger partial charge < -0.3 is 9.47 Å². The van der Waals surface area contributed by atoms with Crippen LogP contribution < -0.4 is 0 Å². The highest BCUT2D eigenvalue weighted by atomic mass is 17.2. The molecule has 2 aliphatic heterocycles. The van der Waals surface area contributed by atoms with Crippen LogP contribution in [0.1, 0.15) is 43.7 Å². The molecule has 0 aromatic heterocycles. The van der Waals surface area contributed by atoms with Gasteiger partial charge in [-0.25, -0.2) is 9.78 Å². The van der Waals surface area contributed by atoms with E-state index in [0.717, 1.165) is 16.7 Å². The molecule has 0 saturated carbocycles. The number of hydrogen-bond donors (Lipinski definition) is 0. The second-order valence-electron chi connectivity index (χ2n) is 6.46. The molecule has 1 aromatic carbocycles. The Labute approximate surface area is 146 Å². The highest BCUT2D eigenvalue weighted by Crippen LogP contribution is 2.55. The summed E-state index contributed by atoms with van der Waals surface area (Å²) in [6.45, 7) is 1.93. The van der Waals surface area contributed by atoms with E-state index in [1.54, 1.807) is 0 Å². The Morgan fingerprint density at radius 2 is 1.64 bits per heavy atom. The van der Waals surface area contributed by atoms with Gasteiger partial charge in [-0.05, 0) is 42.5 Å². The largest absolute Gasteiger partial charge is 0.469 e. The SMILES string of the molecule is COC(=O)CCC1=CC2(CCC(=O)OC)OOC1(C)c1ccccc12. The molecule has 2 atom stereocenters. The third kappa shape index (κ3) is 2.96. The molecule has 0 amide bonds. The molecule has 6 nitrogen and oxygen atoms in total. The summed E-state index contributed by atoms with van der Waals surface area (Å²) in [5.41, 5.74) is 1.32. The number of benzene rings is 1. The molecule has 2 bridgehead atoms. The third-order valence-electron chi connectivity index (χ3n) is 5.03. The minimum absolute atomic E-state index is 0.200. The van der Waals surface area contributed by atoms with E-state index in [4.69, 9.17) is 19.2 Å². The standard InChI is InChI=1S/C19H22O6/c1-18-13(8-9-16(20)22-2)12-19(25-24-18,11-10-17(21)23-3)15-7-5-4-6-14(15)18/h4-7,12H,8-11H2,1-3H3. The molecule has 2 heterocycles. The quantitative estimate of drug-likeness (QED) is 0.448. The van der Waals surface area contributed by atoms with Crippen molar-refractivity contribution in [2.45, 2.75) is 43.8 Å². The van der Waals surface area contributed by atoms with Crippen LogP contribution in [0.25, 0.3) is 0 Å². The van der Waals surface area contributed by atoms with Crippen molar-refractivity contribution in [2.24, 2.45) is 0 Å². The van der Waals surface area contributed by atoms with Crippen LogP contribution in [0.5, 0.6) is 0 Å². The summed E-state index contributed by atoms with van der Waals surface area (Å²) in [6.07, 6.45) is 3.35. The van der Waals surface area contributed by atoms with Gasteiger partial charge in [-0.3, -0.25) is 9.59 Å². The van der Waals surface area contributed by atoms with Crippen LogP contribution in [0.2, 0.25) is 0 Å². The van der Waals surface area contributed by atoms with Gasteiger partial charge >= 0.3 is 11.9 Å². The monoisotopic (exact) mass is 346 g/mol. The third-order valence-corrected chi connectivity index (χ3v) is 5.03. The summed E-state index contributed by atoms with van der Waals surface area (Å²) >= 11 is 0. The van der Waals surface area contributed by atoms with E-state index in [1.807, 2.05) is 37.3 Å². The fourth-order valence-electron chi connectivity index (χ4n) is 3.55. The van der Waals surface area contributed by atoms with Crippen LogP contribution in [-0.2, 0) is 40.0 Å². The fourth-order valence-corrected chi connectivity index (χ4v) is 3.55. The molecular weight excluding hydrogens is 324 g/mol. The Morgan fingerprint density at radius 1 is 1.00 bits per heavy atom. The topological polar surface area (TPSA) is 71.1 Å². The van der Waals surface area contributed by atoms with Crippen molar-refractivity contribution < 1.29 is 28.8 Å². The van der Waals surface area contributed by atoms with Crippen molar-refractivity contribution in [1.29, 1.82) is 0 Å². The van der Waals surface area contributed by atoms with Gasteiger partial charge in [0.15, 0.2) is 0 Å². The lowest BCUT2D eigenvalue weighted by atomic mass is 9.69. The van der Waals surface area contributed by atoms with E-state index in [2.05, 4.69) is 0 Å². The molecule has 0 fully saturated rings.